The summed E-state index contributed by atoms with van der Waals surface area (Å²) in [7, 11) is 0. The van der Waals surface area contributed by atoms with Gasteiger partial charge in [-0.3, -0.25) is 4.98 Å². The van der Waals surface area contributed by atoms with E-state index >= 15 is 0 Å². The van der Waals surface area contributed by atoms with E-state index < -0.39 is 0 Å². The quantitative estimate of drug-likeness (QED) is 0.911. The molecule has 2 nitrogen and oxygen atoms in total. The molecule has 2 rings (SSSR count). The fraction of sp³-hybridized carbons (Fsp3) is 0.214. The van der Waals surface area contributed by atoms with Crippen LogP contribution in [0.3, 0.4) is 0 Å². The van der Waals surface area contributed by atoms with E-state index in [2.05, 4.69) is 23.2 Å². The number of hydrogen-bond acceptors (Lipinski definition) is 2. The second-order valence-corrected chi connectivity index (χ2v) is 4.52. The molecule has 0 bridgehead atoms. The van der Waals surface area contributed by atoms with Crippen LogP contribution < -0.4 is 5.73 Å². The minimum Gasteiger partial charge on any atom is -0.321 e. The topological polar surface area (TPSA) is 38.9 Å². The molecule has 0 radical (unpaired) electrons. The fourth-order valence-electron chi connectivity index (χ4n) is 1.58. The summed E-state index contributed by atoms with van der Waals surface area (Å²) >= 11 is 0. The van der Waals surface area contributed by atoms with E-state index in [4.69, 9.17) is 5.73 Å². The lowest BCUT2D eigenvalue weighted by molar-refractivity contribution is 0.535. The molecule has 0 aliphatic carbocycles. The number of pyridine rings is 1. The van der Waals surface area contributed by atoms with Gasteiger partial charge in [0.2, 0.25) is 0 Å². The maximum absolute atomic E-state index is 5.98. The molecule has 1 heterocycles. The zero-order chi connectivity index (χ0) is 11.6. The van der Waals surface area contributed by atoms with E-state index in [1.54, 1.807) is 0 Å². The maximum Gasteiger partial charge on any atom is 0.0597 e. The van der Waals surface area contributed by atoms with Gasteiger partial charge in [-0.15, -0.1) is 24.8 Å². The minimum atomic E-state index is -0.380. The molecule has 0 spiro atoms. The van der Waals surface area contributed by atoms with Crippen LogP contribution in [0.2, 0.25) is 0 Å². The number of hydrogen-bond donors (Lipinski definition) is 1. The highest BCUT2D eigenvalue weighted by Gasteiger charge is 2.15. The number of aromatic nitrogens is 1. The highest BCUT2D eigenvalue weighted by molar-refractivity contribution is 5.85. The molecule has 0 saturated carbocycles. The third-order valence-electron chi connectivity index (χ3n) is 2.53. The summed E-state index contributed by atoms with van der Waals surface area (Å²) in [5.74, 6) is 0. The molecule has 0 aliphatic heterocycles. The molecule has 98 valence electrons. The van der Waals surface area contributed by atoms with Gasteiger partial charge in [0.15, 0.2) is 0 Å². The maximum atomic E-state index is 5.98. The van der Waals surface area contributed by atoms with Crippen LogP contribution in [0.1, 0.15) is 19.5 Å². The Labute approximate surface area is 120 Å². The molecule has 0 fully saturated rings. The first-order valence-corrected chi connectivity index (χ1v) is 5.38. The van der Waals surface area contributed by atoms with Crippen LogP contribution in [0.4, 0.5) is 0 Å². The number of halogens is 2. The number of nitrogens with two attached hydrogens (primary N) is 1. The first-order valence-electron chi connectivity index (χ1n) is 5.38. The molecular weight excluding hydrogens is 267 g/mol. The van der Waals surface area contributed by atoms with Gasteiger partial charge in [0.05, 0.1) is 11.2 Å². The number of nitrogens with zero attached hydrogens (tertiary/aromatic N) is 1. The summed E-state index contributed by atoms with van der Waals surface area (Å²) in [6.07, 6.45) is 1.87. The molecule has 4 heteroatoms. The summed E-state index contributed by atoms with van der Waals surface area (Å²) in [4.78, 5) is 4.40. The van der Waals surface area contributed by atoms with Crippen molar-refractivity contribution in [1.82, 2.24) is 4.98 Å². The van der Waals surface area contributed by atoms with E-state index in [9.17, 15) is 0 Å². The Morgan fingerprint density at radius 1 is 0.889 bits per heavy atom. The van der Waals surface area contributed by atoms with Gasteiger partial charge in [0.25, 0.3) is 0 Å². The Bertz CT molecular complexity index is 461. The summed E-state index contributed by atoms with van der Waals surface area (Å²) in [5, 5.41) is 0. The Hall–Kier alpha value is -1.09. The Balaban J connectivity index is 0.00000144. The fourth-order valence-corrected chi connectivity index (χ4v) is 1.58. The molecule has 1 aromatic carbocycles. The monoisotopic (exact) mass is 284 g/mol. The summed E-state index contributed by atoms with van der Waals surface area (Å²) in [6, 6.07) is 14.3. The minimum absolute atomic E-state index is 0. The van der Waals surface area contributed by atoms with Gasteiger partial charge in [-0.1, -0.05) is 36.4 Å². The summed E-state index contributed by atoms with van der Waals surface area (Å²) in [6.45, 7) is 3.91. The molecule has 18 heavy (non-hydrogen) atoms. The van der Waals surface area contributed by atoms with Gasteiger partial charge < -0.3 is 5.73 Å². The molecule has 2 N–H and O–H groups in total. The molecule has 1 aromatic heterocycles. The molecule has 0 atom stereocenters. The standard InChI is InChI=1S/C14H16N2.2ClH/c1-14(2,15)13-9-8-12(10-16-13)11-6-4-3-5-7-11;;/h3-10H,15H2,1-2H3;2*1H. The number of benzene rings is 1. The largest absolute Gasteiger partial charge is 0.321 e. The normalized spacial score (nSPS) is 10.2. The average molecular weight is 285 g/mol. The highest BCUT2D eigenvalue weighted by Crippen LogP contribution is 2.20. The Kier molecular flexibility index (Phi) is 6.33. The van der Waals surface area contributed by atoms with Crippen molar-refractivity contribution in [3.05, 3.63) is 54.4 Å². The smallest absolute Gasteiger partial charge is 0.0597 e. The first-order chi connectivity index (χ1) is 7.57. The van der Waals surface area contributed by atoms with Gasteiger partial charge in [-0.25, -0.2) is 0 Å². The predicted molar refractivity (Wildman–Crippen MR) is 81.4 cm³/mol. The highest BCUT2D eigenvalue weighted by atomic mass is 35.5. The van der Waals surface area contributed by atoms with Crippen LogP contribution in [-0.4, -0.2) is 4.98 Å². The summed E-state index contributed by atoms with van der Waals surface area (Å²) < 4.78 is 0. The van der Waals surface area contributed by atoms with Crippen molar-refractivity contribution in [3.8, 4) is 11.1 Å². The lowest BCUT2D eigenvalue weighted by Crippen LogP contribution is -2.29. The van der Waals surface area contributed by atoms with Gasteiger partial charge in [0, 0.05) is 11.8 Å². The van der Waals surface area contributed by atoms with E-state index in [-0.39, 0.29) is 30.4 Å². The van der Waals surface area contributed by atoms with Crippen LogP contribution in [0.15, 0.2) is 48.7 Å². The zero-order valence-corrected chi connectivity index (χ0v) is 12.1. The molecule has 0 amide bonds. The third-order valence-corrected chi connectivity index (χ3v) is 2.53. The molecule has 0 aliphatic rings. The van der Waals surface area contributed by atoms with Gasteiger partial charge in [-0.05, 0) is 25.5 Å². The molecule has 0 unspecified atom stereocenters. The van der Waals surface area contributed by atoms with Crippen molar-refractivity contribution in [2.75, 3.05) is 0 Å². The molecule has 0 saturated heterocycles. The van der Waals surface area contributed by atoms with Crippen molar-refractivity contribution < 1.29 is 0 Å². The van der Waals surface area contributed by atoms with E-state index in [0.29, 0.717) is 0 Å². The van der Waals surface area contributed by atoms with E-state index in [1.165, 1.54) is 5.56 Å². The zero-order valence-electron chi connectivity index (χ0n) is 10.5. The van der Waals surface area contributed by atoms with Crippen molar-refractivity contribution >= 4 is 24.8 Å². The SMILES string of the molecule is CC(C)(N)c1ccc(-c2ccccc2)cn1.Cl.Cl. The van der Waals surface area contributed by atoms with Crippen LogP contribution in [0.25, 0.3) is 11.1 Å². The Morgan fingerprint density at radius 2 is 1.50 bits per heavy atom. The lowest BCUT2D eigenvalue weighted by Gasteiger charge is -2.17. The van der Waals surface area contributed by atoms with Crippen molar-refractivity contribution in [1.29, 1.82) is 0 Å². The van der Waals surface area contributed by atoms with Gasteiger partial charge >= 0.3 is 0 Å². The van der Waals surface area contributed by atoms with E-state index in [0.717, 1.165) is 11.3 Å². The summed E-state index contributed by atoms with van der Waals surface area (Å²) in [5.41, 5.74) is 8.81. The average Bonchev–Trinajstić information content (AvgIpc) is 2.29. The first kappa shape index (κ1) is 16.9. The molecular formula is C14H18Cl2N2. The lowest BCUT2D eigenvalue weighted by atomic mass is 10.00. The molecule has 2 aromatic rings. The third kappa shape index (κ3) is 3.98. The predicted octanol–water partition coefficient (Wildman–Crippen LogP) is 3.79. The van der Waals surface area contributed by atoms with E-state index in [1.807, 2.05) is 44.3 Å². The van der Waals surface area contributed by atoms with Crippen molar-refractivity contribution in [2.45, 2.75) is 19.4 Å². The van der Waals surface area contributed by atoms with Crippen molar-refractivity contribution in [2.24, 2.45) is 5.73 Å². The van der Waals surface area contributed by atoms with Crippen molar-refractivity contribution in [3.63, 3.8) is 0 Å². The van der Waals surface area contributed by atoms with Gasteiger partial charge in [-0.2, -0.15) is 0 Å². The Morgan fingerprint density at radius 3 is 1.94 bits per heavy atom. The second kappa shape index (κ2) is 6.74. The van der Waals surface area contributed by atoms with Crippen LogP contribution in [0.5, 0.6) is 0 Å². The number of rotatable bonds is 2. The van der Waals surface area contributed by atoms with Crippen LogP contribution >= 0.6 is 24.8 Å². The van der Waals surface area contributed by atoms with Crippen LogP contribution in [-0.2, 0) is 5.54 Å². The van der Waals surface area contributed by atoms with Crippen LogP contribution in [0, 0.1) is 0 Å². The van der Waals surface area contributed by atoms with Gasteiger partial charge in [0.1, 0.15) is 0 Å². The second-order valence-electron chi connectivity index (χ2n) is 4.52.